The average molecular weight is 374 g/mol. The molecule has 0 amide bonds. The zero-order valence-electron chi connectivity index (χ0n) is 10.1. The molecular weight excluding hydrogens is 367 g/mol. The summed E-state index contributed by atoms with van der Waals surface area (Å²) in [6.07, 6.45) is 0.836. The van der Waals surface area contributed by atoms with Crippen LogP contribution in [0.1, 0.15) is 10.4 Å². The normalized spacial score (nSPS) is 10.2. The van der Waals surface area contributed by atoms with Crippen LogP contribution in [0.5, 0.6) is 11.6 Å². The van der Waals surface area contributed by atoms with Gasteiger partial charge < -0.3 is 9.84 Å². The molecule has 0 spiro atoms. The van der Waals surface area contributed by atoms with Crippen molar-refractivity contribution < 1.29 is 19.6 Å². The summed E-state index contributed by atoms with van der Waals surface area (Å²) < 4.78 is 5.92. The molecule has 21 heavy (non-hydrogen) atoms. The first-order valence-electron chi connectivity index (χ1n) is 5.39. The van der Waals surface area contributed by atoms with E-state index in [0.717, 1.165) is 12.3 Å². The number of carboxylic acids is 1. The maximum absolute atomic E-state index is 11.0. The lowest BCUT2D eigenvalue weighted by atomic mass is 10.2. The Kier molecular flexibility index (Phi) is 4.39. The number of hydrogen-bond acceptors (Lipinski definition) is 5. The van der Waals surface area contributed by atoms with Crippen LogP contribution < -0.4 is 4.74 Å². The summed E-state index contributed by atoms with van der Waals surface area (Å²) in [4.78, 5) is 24.7. The lowest BCUT2D eigenvalue weighted by Gasteiger charge is -2.07. The molecule has 0 saturated carbocycles. The predicted molar refractivity (Wildman–Crippen MR) is 77.1 cm³/mol. The molecule has 9 heteroatoms. The van der Waals surface area contributed by atoms with E-state index >= 15 is 0 Å². The minimum absolute atomic E-state index is 0.0824. The number of carbonyl (C=O) groups is 1. The van der Waals surface area contributed by atoms with E-state index in [1.54, 1.807) is 18.2 Å². The van der Waals surface area contributed by atoms with Crippen molar-refractivity contribution in [3.8, 4) is 11.6 Å². The second-order valence-electron chi connectivity index (χ2n) is 3.78. The molecule has 0 saturated heterocycles. The van der Waals surface area contributed by atoms with Gasteiger partial charge in [-0.05, 0) is 34.1 Å². The molecule has 1 aromatic carbocycles. The molecule has 0 aliphatic carbocycles. The molecule has 1 heterocycles. The van der Waals surface area contributed by atoms with Gasteiger partial charge in [0.15, 0.2) is 0 Å². The number of pyridine rings is 1. The molecule has 0 aliphatic rings. The Hall–Kier alpha value is -2.19. The molecule has 1 N–H and O–H groups in total. The van der Waals surface area contributed by atoms with E-state index in [4.69, 9.17) is 21.4 Å². The highest BCUT2D eigenvalue weighted by Gasteiger charge is 2.22. The Bertz CT molecular complexity index is 738. The Balaban J connectivity index is 2.39. The van der Waals surface area contributed by atoms with Crippen LogP contribution in [0.15, 0.2) is 34.9 Å². The van der Waals surface area contributed by atoms with Gasteiger partial charge in [-0.1, -0.05) is 11.6 Å². The van der Waals surface area contributed by atoms with Crippen LogP contribution in [0.4, 0.5) is 5.69 Å². The van der Waals surface area contributed by atoms with Gasteiger partial charge in [-0.15, -0.1) is 0 Å². The molecule has 0 radical (unpaired) electrons. The highest BCUT2D eigenvalue weighted by atomic mass is 79.9. The molecule has 108 valence electrons. The Morgan fingerprint density at radius 2 is 2.14 bits per heavy atom. The molecule has 0 fully saturated rings. The fourth-order valence-corrected chi connectivity index (χ4v) is 2.24. The lowest BCUT2D eigenvalue weighted by Crippen LogP contribution is -2.04. The largest absolute Gasteiger partial charge is 0.477 e. The lowest BCUT2D eigenvalue weighted by molar-refractivity contribution is -0.385. The van der Waals surface area contributed by atoms with Crippen LogP contribution in [0.25, 0.3) is 0 Å². The van der Waals surface area contributed by atoms with Crippen molar-refractivity contribution >= 4 is 39.2 Å². The Labute approximate surface area is 131 Å². The van der Waals surface area contributed by atoms with Crippen LogP contribution in [0.2, 0.25) is 5.02 Å². The number of ether oxygens (including phenoxy) is 1. The van der Waals surface area contributed by atoms with Crippen LogP contribution in [-0.2, 0) is 0 Å². The van der Waals surface area contributed by atoms with E-state index in [-0.39, 0.29) is 5.88 Å². The van der Waals surface area contributed by atoms with E-state index < -0.39 is 22.1 Å². The third-order valence-corrected chi connectivity index (χ3v) is 3.25. The molecule has 0 atom stereocenters. The molecule has 0 unspecified atom stereocenters. The second kappa shape index (κ2) is 6.06. The minimum atomic E-state index is -1.44. The third-order valence-electron chi connectivity index (χ3n) is 2.39. The fraction of sp³-hybridized carbons (Fsp3) is 0. The summed E-state index contributed by atoms with van der Waals surface area (Å²) in [6.45, 7) is 0. The zero-order chi connectivity index (χ0) is 15.6. The van der Waals surface area contributed by atoms with Gasteiger partial charge in [0.1, 0.15) is 17.5 Å². The van der Waals surface area contributed by atoms with Gasteiger partial charge in [0.2, 0.25) is 5.88 Å². The number of benzene rings is 1. The highest BCUT2D eigenvalue weighted by molar-refractivity contribution is 9.10. The van der Waals surface area contributed by atoms with Crippen molar-refractivity contribution in [2.75, 3.05) is 0 Å². The standard InChI is InChI=1S/C12H6BrClN2O5/c13-8-3-6(14)1-2-10(8)21-11-4-7(12(17)18)9(5-15-11)16(19)20/h1-5H,(H,17,18). The van der Waals surface area contributed by atoms with Gasteiger partial charge in [-0.3, -0.25) is 10.1 Å². The number of aromatic carboxylic acids is 1. The quantitative estimate of drug-likeness (QED) is 0.644. The Morgan fingerprint density at radius 1 is 1.43 bits per heavy atom. The first kappa shape index (κ1) is 15.2. The number of nitrogens with zero attached hydrogens (tertiary/aromatic N) is 2. The fourth-order valence-electron chi connectivity index (χ4n) is 1.47. The predicted octanol–water partition coefficient (Wildman–Crippen LogP) is 3.90. The molecular formula is C12H6BrClN2O5. The van der Waals surface area contributed by atoms with Crippen molar-refractivity contribution in [3.05, 3.63) is 55.6 Å². The summed E-state index contributed by atoms with van der Waals surface area (Å²) in [5, 5.41) is 20.2. The smallest absolute Gasteiger partial charge is 0.342 e. The van der Waals surface area contributed by atoms with E-state index in [1.165, 1.54) is 0 Å². The van der Waals surface area contributed by atoms with E-state index in [1.807, 2.05) is 0 Å². The third kappa shape index (κ3) is 3.47. The maximum atomic E-state index is 11.0. The van der Waals surface area contributed by atoms with Gasteiger partial charge in [-0.25, -0.2) is 9.78 Å². The number of hydrogen-bond donors (Lipinski definition) is 1. The van der Waals surface area contributed by atoms with Crippen molar-refractivity contribution in [3.63, 3.8) is 0 Å². The minimum Gasteiger partial charge on any atom is -0.477 e. The van der Waals surface area contributed by atoms with Crippen molar-refractivity contribution in [2.24, 2.45) is 0 Å². The summed E-state index contributed by atoms with van der Waals surface area (Å²) in [5.41, 5.74) is -1.11. The first-order chi connectivity index (χ1) is 9.88. The summed E-state index contributed by atoms with van der Waals surface area (Å²) in [6, 6.07) is 5.70. The number of aromatic nitrogens is 1. The van der Waals surface area contributed by atoms with Gasteiger partial charge in [0, 0.05) is 11.1 Å². The summed E-state index contributed by atoms with van der Waals surface area (Å²) >= 11 is 9.02. The molecule has 2 aromatic rings. The molecule has 7 nitrogen and oxygen atoms in total. The number of halogens is 2. The molecule has 1 aromatic heterocycles. The number of rotatable bonds is 4. The number of nitro groups is 1. The van der Waals surface area contributed by atoms with Crippen LogP contribution in [0.3, 0.4) is 0 Å². The van der Waals surface area contributed by atoms with E-state index in [9.17, 15) is 14.9 Å². The zero-order valence-corrected chi connectivity index (χ0v) is 12.5. The van der Waals surface area contributed by atoms with Gasteiger partial charge in [0.05, 0.1) is 9.40 Å². The summed E-state index contributed by atoms with van der Waals surface area (Å²) in [7, 11) is 0. The van der Waals surface area contributed by atoms with Gasteiger partial charge >= 0.3 is 11.7 Å². The Morgan fingerprint density at radius 3 is 2.71 bits per heavy atom. The van der Waals surface area contributed by atoms with E-state index in [0.29, 0.717) is 15.2 Å². The van der Waals surface area contributed by atoms with Gasteiger partial charge in [0.25, 0.3) is 0 Å². The topological polar surface area (TPSA) is 103 Å². The first-order valence-corrected chi connectivity index (χ1v) is 6.56. The monoisotopic (exact) mass is 372 g/mol. The maximum Gasteiger partial charge on any atom is 0.342 e. The van der Waals surface area contributed by atoms with Crippen molar-refractivity contribution in [1.29, 1.82) is 0 Å². The second-order valence-corrected chi connectivity index (χ2v) is 5.07. The molecule has 0 bridgehead atoms. The van der Waals surface area contributed by atoms with Crippen molar-refractivity contribution in [2.45, 2.75) is 0 Å². The average Bonchev–Trinajstić information content (AvgIpc) is 2.41. The molecule has 2 rings (SSSR count). The highest BCUT2D eigenvalue weighted by Crippen LogP contribution is 2.32. The number of carboxylic acid groups (broad SMARTS) is 1. The summed E-state index contributed by atoms with van der Waals surface area (Å²) in [5.74, 6) is -1.18. The SMILES string of the molecule is O=C(O)c1cc(Oc2ccc(Cl)cc2Br)ncc1[N+](=O)[O-]. The van der Waals surface area contributed by atoms with Crippen LogP contribution in [0, 0.1) is 10.1 Å². The van der Waals surface area contributed by atoms with Crippen molar-refractivity contribution in [1.82, 2.24) is 4.98 Å². The van der Waals surface area contributed by atoms with Crippen LogP contribution >= 0.6 is 27.5 Å². The van der Waals surface area contributed by atoms with Crippen LogP contribution in [-0.4, -0.2) is 21.0 Å². The van der Waals surface area contributed by atoms with E-state index in [2.05, 4.69) is 20.9 Å². The van der Waals surface area contributed by atoms with Gasteiger partial charge in [-0.2, -0.15) is 0 Å². The molecule has 0 aliphatic heterocycles.